The van der Waals surface area contributed by atoms with Gasteiger partial charge in [0, 0.05) is 30.1 Å². The molecule has 0 spiro atoms. The smallest absolute Gasteiger partial charge is 0.220 e. The van der Waals surface area contributed by atoms with Crippen molar-refractivity contribution in [3.05, 3.63) is 65.9 Å². The van der Waals surface area contributed by atoms with Crippen LogP contribution in [-0.4, -0.2) is 24.0 Å². The Morgan fingerprint density at radius 3 is 2.96 bits per heavy atom. The fourth-order valence-electron chi connectivity index (χ4n) is 3.60. The first-order valence-corrected chi connectivity index (χ1v) is 8.84. The second-order valence-corrected chi connectivity index (χ2v) is 6.54. The van der Waals surface area contributed by atoms with Crippen molar-refractivity contribution in [2.45, 2.75) is 25.2 Å². The molecule has 2 heterocycles. The van der Waals surface area contributed by atoms with E-state index in [-0.39, 0.29) is 11.8 Å². The molecule has 0 aliphatic carbocycles. The van der Waals surface area contributed by atoms with E-state index in [9.17, 15) is 4.79 Å². The first kappa shape index (κ1) is 15.8. The van der Waals surface area contributed by atoms with Crippen molar-refractivity contribution in [3.63, 3.8) is 0 Å². The predicted octanol–water partition coefficient (Wildman–Crippen LogP) is 3.78. The minimum atomic E-state index is 0.113. The van der Waals surface area contributed by atoms with E-state index < -0.39 is 0 Å². The monoisotopic (exact) mass is 334 g/mol. The third-order valence-corrected chi connectivity index (χ3v) is 4.91. The van der Waals surface area contributed by atoms with Gasteiger partial charge in [-0.25, -0.2) is 0 Å². The van der Waals surface area contributed by atoms with Crippen LogP contribution in [0.1, 0.15) is 29.9 Å². The molecule has 4 heteroatoms. The summed E-state index contributed by atoms with van der Waals surface area (Å²) in [5.41, 5.74) is 3.54. The SMILES string of the molecule is O=C(CC1CCOc2ccccc21)NCCc1c[nH]c2ccccc12. The van der Waals surface area contributed by atoms with Gasteiger partial charge in [0.15, 0.2) is 0 Å². The number of rotatable bonds is 5. The van der Waals surface area contributed by atoms with Crippen molar-refractivity contribution >= 4 is 16.8 Å². The van der Waals surface area contributed by atoms with E-state index in [0.29, 0.717) is 19.6 Å². The number of aromatic nitrogens is 1. The summed E-state index contributed by atoms with van der Waals surface area (Å²) in [6.07, 6.45) is 4.28. The van der Waals surface area contributed by atoms with Gasteiger partial charge in [-0.1, -0.05) is 36.4 Å². The van der Waals surface area contributed by atoms with Crippen LogP contribution in [0.2, 0.25) is 0 Å². The van der Waals surface area contributed by atoms with E-state index in [1.165, 1.54) is 10.9 Å². The van der Waals surface area contributed by atoms with E-state index in [1.807, 2.05) is 36.5 Å². The first-order chi connectivity index (χ1) is 12.3. The highest BCUT2D eigenvalue weighted by atomic mass is 16.5. The lowest BCUT2D eigenvalue weighted by atomic mass is 9.90. The number of hydrogen-bond donors (Lipinski definition) is 2. The number of hydrogen-bond acceptors (Lipinski definition) is 2. The van der Waals surface area contributed by atoms with Crippen LogP contribution in [0.3, 0.4) is 0 Å². The molecule has 0 radical (unpaired) electrons. The summed E-state index contributed by atoms with van der Waals surface area (Å²) in [5, 5.41) is 4.30. The van der Waals surface area contributed by atoms with Gasteiger partial charge in [0.1, 0.15) is 5.75 Å². The summed E-state index contributed by atoms with van der Waals surface area (Å²) in [6.45, 7) is 1.34. The third-order valence-electron chi connectivity index (χ3n) is 4.91. The number of H-pyrrole nitrogens is 1. The predicted molar refractivity (Wildman–Crippen MR) is 98.9 cm³/mol. The number of benzene rings is 2. The van der Waals surface area contributed by atoms with Crippen molar-refractivity contribution < 1.29 is 9.53 Å². The molecule has 1 aliphatic rings. The second-order valence-electron chi connectivity index (χ2n) is 6.54. The number of carbonyl (C=O) groups excluding carboxylic acids is 1. The summed E-state index contributed by atoms with van der Waals surface area (Å²) in [4.78, 5) is 15.6. The van der Waals surface area contributed by atoms with Crippen molar-refractivity contribution in [2.75, 3.05) is 13.2 Å². The van der Waals surface area contributed by atoms with Crippen LogP contribution in [0.4, 0.5) is 0 Å². The summed E-state index contributed by atoms with van der Waals surface area (Å²) in [7, 11) is 0. The Morgan fingerprint density at radius 2 is 2.00 bits per heavy atom. The normalized spacial score (nSPS) is 16.2. The molecule has 1 aromatic heterocycles. The molecule has 128 valence electrons. The van der Waals surface area contributed by atoms with Gasteiger partial charge >= 0.3 is 0 Å². The average molecular weight is 334 g/mol. The number of para-hydroxylation sites is 2. The van der Waals surface area contributed by atoms with Crippen LogP contribution in [0.5, 0.6) is 5.75 Å². The van der Waals surface area contributed by atoms with Gasteiger partial charge in [-0.05, 0) is 42.0 Å². The molecular formula is C21H22N2O2. The summed E-state index contributed by atoms with van der Waals surface area (Å²) in [6, 6.07) is 16.3. The van der Waals surface area contributed by atoms with Crippen molar-refractivity contribution in [1.82, 2.24) is 10.3 Å². The molecule has 0 saturated carbocycles. The molecule has 4 rings (SSSR count). The maximum atomic E-state index is 12.4. The van der Waals surface area contributed by atoms with Gasteiger partial charge in [-0.15, -0.1) is 0 Å². The molecule has 0 fully saturated rings. The zero-order valence-electron chi connectivity index (χ0n) is 14.1. The largest absolute Gasteiger partial charge is 0.493 e. The number of carbonyl (C=O) groups is 1. The minimum Gasteiger partial charge on any atom is -0.493 e. The topological polar surface area (TPSA) is 54.1 Å². The van der Waals surface area contributed by atoms with Crippen molar-refractivity contribution in [3.8, 4) is 5.75 Å². The lowest BCUT2D eigenvalue weighted by molar-refractivity contribution is -0.121. The Hall–Kier alpha value is -2.75. The lowest BCUT2D eigenvalue weighted by Gasteiger charge is -2.25. The fourth-order valence-corrected chi connectivity index (χ4v) is 3.60. The Balaban J connectivity index is 1.33. The highest BCUT2D eigenvalue weighted by Crippen LogP contribution is 2.35. The quantitative estimate of drug-likeness (QED) is 0.746. The van der Waals surface area contributed by atoms with Crippen molar-refractivity contribution in [2.24, 2.45) is 0 Å². The van der Waals surface area contributed by atoms with Crippen LogP contribution in [0, 0.1) is 0 Å². The van der Waals surface area contributed by atoms with E-state index >= 15 is 0 Å². The second kappa shape index (κ2) is 7.01. The van der Waals surface area contributed by atoms with Crippen LogP contribution in [-0.2, 0) is 11.2 Å². The van der Waals surface area contributed by atoms with Crippen LogP contribution in [0.25, 0.3) is 10.9 Å². The Kier molecular flexibility index (Phi) is 4.42. The van der Waals surface area contributed by atoms with Crippen molar-refractivity contribution in [1.29, 1.82) is 0 Å². The maximum Gasteiger partial charge on any atom is 0.220 e. The fraction of sp³-hybridized carbons (Fsp3) is 0.286. The van der Waals surface area contributed by atoms with E-state index in [1.54, 1.807) is 0 Å². The molecular weight excluding hydrogens is 312 g/mol. The molecule has 1 atom stereocenters. The number of amides is 1. The van der Waals surface area contributed by atoms with Gasteiger partial charge < -0.3 is 15.0 Å². The minimum absolute atomic E-state index is 0.113. The molecule has 1 amide bonds. The molecule has 0 saturated heterocycles. The molecule has 0 bridgehead atoms. The van der Waals surface area contributed by atoms with Gasteiger partial charge in [0.25, 0.3) is 0 Å². The summed E-state index contributed by atoms with van der Waals surface area (Å²) in [5.74, 6) is 1.28. The molecule has 2 aromatic carbocycles. The first-order valence-electron chi connectivity index (χ1n) is 8.84. The number of aromatic amines is 1. The molecule has 4 nitrogen and oxygen atoms in total. The Morgan fingerprint density at radius 1 is 1.16 bits per heavy atom. The van der Waals surface area contributed by atoms with E-state index in [0.717, 1.165) is 29.7 Å². The standard InChI is InChI=1S/C21H22N2O2/c24-21(13-15-10-12-25-20-8-4-2-6-18(15)20)22-11-9-16-14-23-19-7-3-1-5-17(16)19/h1-8,14-15,23H,9-13H2,(H,22,24). The van der Waals surface area contributed by atoms with Gasteiger partial charge in [0.05, 0.1) is 6.61 Å². The molecule has 25 heavy (non-hydrogen) atoms. The molecule has 3 aromatic rings. The van der Waals surface area contributed by atoms with E-state index in [2.05, 4.69) is 28.5 Å². The van der Waals surface area contributed by atoms with E-state index in [4.69, 9.17) is 4.74 Å². The highest BCUT2D eigenvalue weighted by molar-refractivity contribution is 5.83. The van der Waals surface area contributed by atoms with Gasteiger partial charge in [-0.3, -0.25) is 4.79 Å². The maximum absolute atomic E-state index is 12.4. The van der Waals surface area contributed by atoms with Crippen LogP contribution < -0.4 is 10.1 Å². The van der Waals surface area contributed by atoms with Gasteiger partial charge in [-0.2, -0.15) is 0 Å². The summed E-state index contributed by atoms with van der Waals surface area (Å²) < 4.78 is 5.67. The van der Waals surface area contributed by atoms with Crippen LogP contribution in [0.15, 0.2) is 54.7 Å². The Labute approximate surface area is 147 Å². The number of fused-ring (bicyclic) bond motifs is 2. The number of ether oxygens (including phenoxy) is 1. The molecule has 1 unspecified atom stereocenters. The molecule has 2 N–H and O–H groups in total. The lowest BCUT2D eigenvalue weighted by Crippen LogP contribution is -2.28. The number of nitrogens with one attached hydrogen (secondary N) is 2. The average Bonchev–Trinajstić information content (AvgIpc) is 3.05. The van der Waals surface area contributed by atoms with Gasteiger partial charge in [0.2, 0.25) is 5.91 Å². The third kappa shape index (κ3) is 3.38. The van der Waals surface area contributed by atoms with Crippen LogP contribution >= 0.6 is 0 Å². The summed E-state index contributed by atoms with van der Waals surface area (Å²) >= 11 is 0. The Bertz CT molecular complexity index is 884. The zero-order valence-corrected chi connectivity index (χ0v) is 14.1. The zero-order chi connectivity index (χ0) is 17.1. The highest BCUT2D eigenvalue weighted by Gasteiger charge is 2.23. The molecule has 1 aliphatic heterocycles.